The van der Waals surface area contributed by atoms with E-state index in [2.05, 4.69) is 114 Å². The summed E-state index contributed by atoms with van der Waals surface area (Å²) in [6, 6.07) is 57.4. The van der Waals surface area contributed by atoms with Gasteiger partial charge in [-0.1, -0.05) is 146 Å². The summed E-state index contributed by atoms with van der Waals surface area (Å²) in [5.41, 5.74) is 3.80. The lowest BCUT2D eigenvalue weighted by molar-refractivity contribution is 0.415. The summed E-state index contributed by atoms with van der Waals surface area (Å²) in [4.78, 5) is 2.08. The second-order valence-corrected chi connectivity index (χ2v) is 8.83. The molecule has 0 N–H and O–H groups in total. The van der Waals surface area contributed by atoms with Gasteiger partial charge in [0.1, 0.15) is 5.75 Å². The molecule has 0 atom stereocenters. The van der Waals surface area contributed by atoms with Crippen molar-refractivity contribution in [3.63, 3.8) is 0 Å². The van der Waals surface area contributed by atoms with Crippen LogP contribution in [0.1, 0.15) is 0 Å². The molecule has 0 spiro atoms. The minimum absolute atomic E-state index is 0.910. The molecule has 2 heteroatoms. The normalized spacial score (nSPS) is 9.41. The highest BCUT2D eigenvalue weighted by molar-refractivity contribution is 5.82. The van der Waals surface area contributed by atoms with Gasteiger partial charge in [-0.3, -0.25) is 0 Å². The number of para-hydroxylation sites is 2. The summed E-state index contributed by atoms with van der Waals surface area (Å²) in [7, 11) is 5.74. The number of rotatable bonds is 3. The molecule has 0 amide bonds. The number of benzene rings is 6. The number of nitrogens with zero attached hydrogens (tertiary/aromatic N) is 1. The third-order valence-electron chi connectivity index (χ3n) is 5.79. The minimum atomic E-state index is 0.910. The summed E-state index contributed by atoms with van der Waals surface area (Å²) >= 11 is 0. The van der Waals surface area contributed by atoms with Gasteiger partial charge in [0.05, 0.1) is 7.11 Å². The van der Waals surface area contributed by atoms with Crippen LogP contribution in [-0.2, 0) is 0 Å². The van der Waals surface area contributed by atoms with Gasteiger partial charge in [0, 0.05) is 19.8 Å². The summed E-state index contributed by atoms with van der Waals surface area (Å²) in [6.07, 6.45) is 0. The average molecular weight is 512 g/mol. The molecule has 196 valence electrons. The first kappa shape index (κ1) is 28.7. The lowest BCUT2D eigenvalue weighted by Crippen LogP contribution is -2.07. The smallest absolute Gasteiger partial charge is 0.118 e. The van der Waals surface area contributed by atoms with Crippen molar-refractivity contribution in [2.75, 3.05) is 26.1 Å². The first-order chi connectivity index (χ1) is 19.2. The molecule has 0 aliphatic heterocycles. The molecule has 0 unspecified atom stereocenters. The standard InChI is InChI=1S/C12H10.C10H8.C8H11N.C7H8O/c1-3-7-11(8-4-1)12-9-5-2-6-10-12;1-2-6-10-8-4-3-7-9(10)5-1;1-9(2)8-6-4-3-5-7-8;1-8-7-5-3-2-4-6-7/h1-10H;1-8H;3-7H,1-2H3;2-6H,1H3. The highest BCUT2D eigenvalue weighted by Crippen LogP contribution is 2.17. The average Bonchev–Trinajstić information content (AvgIpc) is 3.04. The van der Waals surface area contributed by atoms with Gasteiger partial charge in [-0.15, -0.1) is 0 Å². The molecule has 39 heavy (non-hydrogen) atoms. The summed E-state index contributed by atoms with van der Waals surface area (Å²) in [5, 5.41) is 2.62. The van der Waals surface area contributed by atoms with Gasteiger partial charge in [0.25, 0.3) is 0 Å². The number of hydrogen-bond acceptors (Lipinski definition) is 2. The van der Waals surface area contributed by atoms with E-state index in [1.54, 1.807) is 7.11 Å². The van der Waals surface area contributed by atoms with Crippen LogP contribution in [-0.4, -0.2) is 21.2 Å². The second kappa shape index (κ2) is 16.8. The van der Waals surface area contributed by atoms with Crippen LogP contribution in [0.4, 0.5) is 5.69 Å². The van der Waals surface area contributed by atoms with Crippen molar-refractivity contribution < 1.29 is 4.74 Å². The van der Waals surface area contributed by atoms with E-state index in [0.717, 1.165) is 5.75 Å². The molecule has 0 saturated carbocycles. The number of fused-ring (bicyclic) bond motifs is 1. The van der Waals surface area contributed by atoms with E-state index in [-0.39, 0.29) is 0 Å². The lowest BCUT2D eigenvalue weighted by Gasteiger charge is -2.10. The third kappa shape index (κ3) is 10.6. The van der Waals surface area contributed by atoms with E-state index < -0.39 is 0 Å². The quantitative estimate of drug-likeness (QED) is 0.234. The highest BCUT2D eigenvalue weighted by atomic mass is 16.5. The Balaban J connectivity index is 0.000000145. The van der Waals surface area contributed by atoms with Gasteiger partial charge in [0.15, 0.2) is 0 Å². The lowest BCUT2D eigenvalue weighted by atomic mass is 10.1. The fraction of sp³-hybridized carbons (Fsp3) is 0.0811. The Morgan fingerprint density at radius 3 is 0.974 bits per heavy atom. The van der Waals surface area contributed by atoms with Gasteiger partial charge < -0.3 is 9.64 Å². The Morgan fingerprint density at radius 2 is 0.692 bits per heavy atom. The fourth-order valence-electron chi connectivity index (χ4n) is 3.68. The SMILES string of the molecule is CN(C)c1ccccc1.COc1ccccc1.c1ccc(-c2ccccc2)cc1.c1ccc2ccccc2c1. The number of methoxy groups -OCH3 is 1. The molecule has 0 heterocycles. The second-order valence-electron chi connectivity index (χ2n) is 8.83. The molecule has 6 aromatic carbocycles. The maximum absolute atomic E-state index is 4.91. The maximum Gasteiger partial charge on any atom is 0.118 e. The van der Waals surface area contributed by atoms with Crippen molar-refractivity contribution in [3.05, 3.63) is 170 Å². The molecule has 0 saturated heterocycles. The third-order valence-corrected chi connectivity index (χ3v) is 5.79. The van der Waals surface area contributed by atoms with Crippen LogP contribution in [0, 0.1) is 0 Å². The van der Waals surface area contributed by atoms with Crippen LogP contribution in [0.3, 0.4) is 0 Å². The molecular weight excluding hydrogens is 474 g/mol. The zero-order valence-electron chi connectivity index (χ0n) is 23.0. The molecular formula is C37H37NO. The van der Waals surface area contributed by atoms with Crippen LogP contribution in [0.5, 0.6) is 5.75 Å². The van der Waals surface area contributed by atoms with Crippen molar-refractivity contribution in [1.29, 1.82) is 0 Å². The number of anilines is 1. The highest BCUT2D eigenvalue weighted by Gasteiger charge is 1.92. The largest absolute Gasteiger partial charge is 0.497 e. The van der Waals surface area contributed by atoms with E-state index in [9.17, 15) is 0 Å². The Labute approximate surface area is 233 Å². The first-order valence-corrected chi connectivity index (χ1v) is 13.0. The van der Waals surface area contributed by atoms with Crippen molar-refractivity contribution >= 4 is 16.5 Å². The van der Waals surface area contributed by atoms with E-state index in [1.165, 1.54) is 27.6 Å². The van der Waals surface area contributed by atoms with Crippen molar-refractivity contribution in [2.24, 2.45) is 0 Å². The van der Waals surface area contributed by atoms with E-state index in [4.69, 9.17) is 4.74 Å². The summed E-state index contributed by atoms with van der Waals surface area (Å²) < 4.78 is 4.91. The van der Waals surface area contributed by atoms with E-state index >= 15 is 0 Å². The zero-order chi connectivity index (χ0) is 27.5. The molecule has 0 bridgehead atoms. The Bertz CT molecular complexity index is 1330. The minimum Gasteiger partial charge on any atom is -0.497 e. The topological polar surface area (TPSA) is 12.5 Å². The van der Waals surface area contributed by atoms with Gasteiger partial charge in [-0.25, -0.2) is 0 Å². The Kier molecular flexibility index (Phi) is 12.4. The van der Waals surface area contributed by atoms with E-state index in [1.807, 2.05) is 74.8 Å². The summed E-state index contributed by atoms with van der Waals surface area (Å²) in [6.45, 7) is 0. The first-order valence-electron chi connectivity index (χ1n) is 13.0. The summed E-state index contributed by atoms with van der Waals surface area (Å²) in [5.74, 6) is 0.910. The van der Waals surface area contributed by atoms with Crippen LogP contribution >= 0.6 is 0 Å². The molecule has 6 rings (SSSR count). The van der Waals surface area contributed by atoms with Crippen LogP contribution in [0.25, 0.3) is 21.9 Å². The molecule has 0 fully saturated rings. The number of hydrogen-bond donors (Lipinski definition) is 0. The molecule has 6 aromatic rings. The number of ether oxygens (including phenoxy) is 1. The van der Waals surface area contributed by atoms with Crippen LogP contribution < -0.4 is 9.64 Å². The zero-order valence-corrected chi connectivity index (χ0v) is 23.0. The van der Waals surface area contributed by atoms with Gasteiger partial charge in [0.2, 0.25) is 0 Å². The van der Waals surface area contributed by atoms with Gasteiger partial charge in [-0.2, -0.15) is 0 Å². The maximum atomic E-state index is 4.91. The van der Waals surface area contributed by atoms with Crippen molar-refractivity contribution in [3.8, 4) is 16.9 Å². The predicted molar refractivity (Wildman–Crippen MR) is 170 cm³/mol. The Hall–Kier alpha value is -4.82. The van der Waals surface area contributed by atoms with E-state index in [0.29, 0.717) is 0 Å². The molecule has 2 nitrogen and oxygen atoms in total. The molecule has 0 aromatic heterocycles. The van der Waals surface area contributed by atoms with Gasteiger partial charge in [-0.05, 0) is 46.2 Å². The molecule has 0 aliphatic rings. The van der Waals surface area contributed by atoms with Crippen LogP contribution in [0.15, 0.2) is 170 Å². The monoisotopic (exact) mass is 511 g/mol. The van der Waals surface area contributed by atoms with Crippen LogP contribution in [0.2, 0.25) is 0 Å². The predicted octanol–water partition coefficient (Wildman–Crippen LogP) is 9.64. The van der Waals surface area contributed by atoms with Gasteiger partial charge >= 0.3 is 0 Å². The molecule has 0 aliphatic carbocycles. The van der Waals surface area contributed by atoms with Crippen molar-refractivity contribution in [2.45, 2.75) is 0 Å². The van der Waals surface area contributed by atoms with Crippen molar-refractivity contribution in [1.82, 2.24) is 0 Å². The molecule has 0 radical (unpaired) electrons. The fourth-order valence-corrected chi connectivity index (χ4v) is 3.68. The Morgan fingerprint density at radius 1 is 0.385 bits per heavy atom.